The lowest BCUT2D eigenvalue weighted by Gasteiger charge is -1.96. The molecule has 2 heterocycles. The van der Waals surface area contributed by atoms with Crippen molar-refractivity contribution in [2.75, 3.05) is 0 Å². The molecule has 0 radical (unpaired) electrons. The highest BCUT2D eigenvalue weighted by Gasteiger charge is 2.18. The van der Waals surface area contributed by atoms with Gasteiger partial charge in [0.25, 0.3) is 0 Å². The van der Waals surface area contributed by atoms with E-state index in [4.69, 9.17) is 4.42 Å². The predicted octanol–water partition coefficient (Wildman–Crippen LogP) is 1.68. The molecule has 0 aliphatic rings. The van der Waals surface area contributed by atoms with E-state index in [2.05, 4.69) is 4.98 Å². The Labute approximate surface area is 117 Å². The summed E-state index contributed by atoms with van der Waals surface area (Å²) in [6.07, 6.45) is 6.04. The molecule has 8 heteroatoms. The second-order valence-electron chi connectivity index (χ2n) is 4.16. The number of furan rings is 1. The molecule has 2 aromatic rings. The molecule has 0 spiro atoms. The van der Waals surface area contributed by atoms with Crippen LogP contribution in [0.2, 0.25) is 0 Å². The topological polar surface area (TPSA) is 122 Å². The number of nitrogens with zero attached hydrogens (tertiary/aromatic N) is 1. The van der Waals surface area contributed by atoms with Crippen LogP contribution in [0.1, 0.15) is 18.4 Å². The van der Waals surface area contributed by atoms with Gasteiger partial charge in [0.2, 0.25) is 0 Å². The molecule has 108 valence electrons. The highest BCUT2D eigenvalue weighted by atomic mass is 16.6. The summed E-state index contributed by atoms with van der Waals surface area (Å²) in [6.45, 7) is 1.75. The zero-order valence-corrected chi connectivity index (χ0v) is 11.0. The maximum Gasteiger partial charge on any atom is 0.357 e. The molecule has 8 nitrogen and oxygen atoms in total. The SMILES string of the molecule is CC(C=Cc1[nH]c(=O)[nH]c(=O)c1[N+](=O)[O-])=Cc1ccco1. The minimum Gasteiger partial charge on any atom is -0.465 e. The zero-order valence-electron chi connectivity index (χ0n) is 11.0. The number of rotatable bonds is 4. The van der Waals surface area contributed by atoms with Gasteiger partial charge in [-0.2, -0.15) is 0 Å². The number of hydrogen-bond acceptors (Lipinski definition) is 5. The minimum absolute atomic E-state index is 0.166. The smallest absolute Gasteiger partial charge is 0.357 e. The Morgan fingerprint density at radius 3 is 2.76 bits per heavy atom. The van der Waals surface area contributed by atoms with E-state index in [1.165, 1.54) is 18.4 Å². The molecule has 0 saturated heterocycles. The summed E-state index contributed by atoms with van der Waals surface area (Å²) in [5.41, 5.74) is -2.01. The predicted molar refractivity (Wildman–Crippen MR) is 75.7 cm³/mol. The summed E-state index contributed by atoms with van der Waals surface area (Å²) < 4.78 is 5.13. The fourth-order valence-corrected chi connectivity index (χ4v) is 1.66. The van der Waals surface area contributed by atoms with Crippen LogP contribution in [0.4, 0.5) is 5.69 Å². The first-order valence-electron chi connectivity index (χ1n) is 5.88. The Morgan fingerprint density at radius 2 is 2.14 bits per heavy atom. The van der Waals surface area contributed by atoms with E-state index in [1.807, 2.05) is 4.98 Å². The van der Waals surface area contributed by atoms with E-state index >= 15 is 0 Å². The lowest BCUT2D eigenvalue weighted by atomic mass is 10.2. The van der Waals surface area contributed by atoms with Crippen molar-refractivity contribution in [1.82, 2.24) is 9.97 Å². The molecule has 21 heavy (non-hydrogen) atoms. The Hall–Kier alpha value is -3.16. The standard InChI is InChI=1S/C13H11N3O5/c1-8(7-9-3-2-6-21-9)4-5-10-11(16(19)20)12(17)15-13(18)14-10/h2-7H,1H3,(H2,14,15,17,18). The minimum atomic E-state index is -1.05. The van der Waals surface area contributed by atoms with Gasteiger partial charge in [0.1, 0.15) is 11.5 Å². The third-order valence-corrected chi connectivity index (χ3v) is 2.55. The first kappa shape index (κ1) is 14.3. The van der Waals surface area contributed by atoms with Crippen LogP contribution >= 0.6 is 0 Å². The highest BCUT2D eigenvalue weighted by Crippen LogP contribution is 2.13. The molecule has 0 saturated carbocycles. The lowest BCUT2D eigenvalue weighted by molar-refractivity contribution is -0.386. The van der Waals surface area contributed by atoms with Crippen LogP contribution in [0.5, 0.6) is 0 Å². The van der Waals surface area contributed by atoms with E-state index in [1.54, 1.807) is 25.1 Å². The number of aromatic nitrogens is 2. The highest BCUT2D eigenvalue weighted by molar-refractivity contribution is 5.61. The van der Waals surface area contributed by atoms with Crippen LogP contribution in [0.25, 0.3) is 12.2 Å². The first-order chi connectivity index (χ1) is 9.97. The summed E-state index contributed by atoms with van der Waals surface area (Å²) in [5, 5.41) is 10.9. The van der Waals surface area contributed by atoms with Crippen molar-refractivity contribution in [2.45, 2.75) is 6.92 Å². The van der Waals surface area contributed by atoms with Gasteiger partial charge in [0.15, 0.2) is 0 Å². The number of allylic oxidation sites excluding steroid dienone is 2. The van der Waals surface area contributed by atoms with E-state index in [0.717, 1.165) is 5.57 Å². The number of H-pyrrole nitrogens is 2. The second-order valence-corrected chi connectivity index (χ2v) is 4.16. The summed E-state index contributed by atoms with van der Waals surface area (Å²) in [7, 11) is 0. The maximum absolute atomic E-state index is 11.4. The molecule has 0 aliphatic carbocycles. The van der Waals surface area contributed by atoms with Gasteiger partial charge in [-0.3, -0.25) is 19.9 Å². The van der Waals surface area contributed by atoms with Crippen molar-refractivity contribution in [3.8, 4) is 0 Å². The fraction of sp³-hybridized carbons (Fsp3) is 0.0769. The number of aromatic amines is 2. The van der Waals surface area contributed by atoms with Crippen LogP contribution < -0.4 is 11.2 Å². The molecule has 0 aromatic carbocycles. The normalized spacial score (nSPS) is 12.0. The maximum atomic E-state index is 11.4. The van der Waals surface area contributed by atoms with E-state index in [0.29, 0.717) is 5.76 Å². The number of nitro groups is 1. The molecule has 2 rings (SSSR count). The summed E-state index contributed by atoms with van der Waals surface area (Å²) in [4.78, 5) is 36.7. The van der Waals surface area contributed by atoms with Crippen molar-refractivity contribution in [3.05, 3.63) is 72.5 Å². The van der Waals surface area contributed by atoms with Crippen molar-refractivity contribution in [3.63, 3.8) is 0 Å². The van der Waals surface area contributed by atoms with Gasteiger partial charge in [0.05, 0.1) is 11.2 Å². The third-order valence-electron chi connectivity index (χ3n) is 2.55. The summed E-state index contributed by atoms with van der Waals surface area (Å²) >= 11 is 0. The van der Waals surface area contributed by atoms with Crippen LogP contribution in [-0.4, -0.2) is 14.9 Å². The first-order valence-corrected chi connectivity index (χ1v) is 5.88. The quantitative estimate of drug-likeness (QED) is 0.503. The Bertz CT molecular complexity index is 824. The third kappa shape index (κ3) is 3.44. The molecule has 0 amide bonds. The van der Waals surface area contributed by atoms with E-state index in [9.17, 15) is 19.7 Å². The van der Waals surface area contributed by atoms with Gasteiger partial charge in [0, 0.05) is 0 Å². The van der Waals surface area contributed by atoms with E-state index in [-0.39, 0.29) is 5.69 Å². The molecular formula is C13H11N3O5. The van der Waals surface area contributed by atoms with Gasteiger partial charge < -0.3 is 9.40 Å². The van der Waals surface area contributed by atoms with Gasteiger partial charge in [-0.25, -0.2) is 4.79 Å². The van der Waals surface area contributed by atoms with Crippen LogP contribution in [0.3, 0.4) is 0 Å². The largest absolute Gasteiger partial charge is 0.465 e. The zero-order chi connectivity index (χ0) is 15.4. The van der Waals surface area contributed by atoms with Gasteiger partial charge in [-0.05, 0) is 36.8 Å². The molecule has 2 aromatic heterocycles. The van der Waals surface area contributed by atoms with Crippen molar-refractivity contribution in [2.24, 2.45) is 0 Å². The molecule has 0 unspecified atom stereocenters. The summed E-state index contributed by atoms with van der Waals surface area (Å²) in [6, 6.07) is 3.47. The van der Waals surface area contributed by atoms with Gasteiger partial charge in [-0.1, -0.05) is 6.08 Å². The van der Waals surface area contributed by atoms with Gasteiger partial charge in [-0.15, -0.1) is 0 Å². The summed E-state index contributed by atoms with van der Waals surface area (Å²) in [5.74, 6) is 0.617. The lowest BCUT2D eigenvalue weighted by Crippen LogP contribution is -2.25. The molecule has 0 bridgehead atoms. The number of nitrogens with one attached hydrogen (secondary N) is 2. The van der Waals surface area contributed by atoms with Crippen molar-refractivity contribution >= 4 is 17.8 Å². The molecule has 0 fully saturated rings. The monoisotopic (exact) mass is 289 g/mol. The van der Waals surface area contributed by atoms with Crippen molar-refractivity contribution in [1.29, 1.82) is 0 Å². The van der Waals surface area contributed by atoms with E-state index < -0.39 is 21.9 Å². The molecule has 2 N–H and O–H groups in total. The van der Waals surface area contributed by atoms with Crippen LogP contribution in [-0.2, 0) is 0 Å². The Balaban J connectivity index is 2.39. The fourth-order valence-electron chi connectivity index (χ4n) is 1.66. The molecule has 0 atom stereocenters. The van der Waals surface area contributed by atoms with Crippen LogP contribution in [0, 0.1) is 10.1 Å². The van der Waals surface area contributed by atoms with Crippen LogP contribution in [0.15, 0.2) is 44.1 Å². The molecule has 0 aliphatic heterocycles. The Kier molecular flexibility index (Phi) is 3.98. The second kappa shape index (κ2) is 5.87. The Morgan fingerprint density at radius 1 is 1.38 bits per heavy atom. The number of hydrogen-bond donors (Lipinski definition) is 2. The molecular weight excluding hydrogens is 278 g/mol. The van der Waals surface area contributed by atoms with Gasteiger partial charge >= 0.3 is 16.9 Å². The van der Waals surface area contributed by atoms with Crippen molar-refractivity contribution < 1.29 is 9.34 Å². The average molecular weight is 289 g/mol. The average Bonchev–Trinajstić information content (AvgIpc) is 2.87.